The van der Waals surface area contributed by atoms with Crippen LogP contribution in [0, 0.1) is 12.7 Å². The summed E-state index contributed by atoms with van der Waals surface area (Å²) in [6, 6.07) is 9.17. The molecule has 0 bridgehead atoms. The second kappa shape index (κ2) is 7.97. The van der Waals surface area contributed by atoms with Crippen LogP contribution in [0.4, 0.5) is 4.39 Å². The first-order valence-electron chi connectivity index (χ1n) is 7.81. The molecule has 0 aliphatic rings. The van der Waals surface area contributed by atoms with Crippen molar-refractivity contribution in [2.45, 2.75) is 32.3 Å². The third kappa shape index (κ3) is 5.38. The molecule has 1 atom stereocenters. The van der Waals surface area contributed by atoms with Gasteiger partial charge in [-0.15, -0.1) is 0 Å². The molecule has 2 rings (SSSR count). The molecule has 0 spiro atoms. The number of hydrogen-bond donors (Lipinski definition) is 2. The third-order valence-corrected chi connectivity index (χ3v) is 3.53. The lowest BCUT2D eigenvalue weighted by molar-refractivity contribution is -0.122. The first-order valence-corrected chi connectivity index (χ1v) is 7.81. The fourth-order valence-corrected chi connectivity index (χ4v) is 2.12. The normalized spacial score (nSPS) is 13.3. The van der Waals surface area contributed by atoms with E-state index < -0.39 is 5.60 Å². The van der Waals surface area contributed by atoms with E-state index in [1.165, 1.54) is 24.3 Å². The van der Waals surface area contributed by atoms with Crippen LogP contribution in [-0.2, 0) is 10.4 Å². The quantitative estimate of drug-likeness (QED) is 0.728. The van der Waals surface area contributed by atoms with E-state index in [2.05, 4.69) is 5.32 Å². The van der Waals surface area contributed by atoms with Gasteiger partial charge < -0.3 is 19.6 Å². The average molecular weight is 335 g/mol. The van der Waals surface area contributed by atoms with Gasteiger partial charge in [0.05, 0.1) is 13.2 Å². The Bertz CT molecular complexity index is 664. The van der Waals surface area contributed by atoms with Gasteiger partial charge in [0, 0.05) is 6.42 Å². The van der Waals surface area contributed by atoms with Crippen LogP contribution < -0.4 is 10.1 Å². The molecule has 1 amide bonds. The lowest BCUT2D eigenvalue weighted by Gasteiger charge is -2.21. The first-order chi connectivity index (χ1) is 11.4. The lowest BCUT2D eigenvalue weighted by Crippen LogP contribution is -2.38. The molecule has 2 aromatic rings. The van der Waals surface area contributed by atoms with E-state index in [1.807, 2.05) is 0 Å². The van der Waals surface area contributed by atoms with Gasteiger partial charge in [0.2, 0.25) is 5.91 Å². The maximum absolute atomic E-state index is 12.8. The Kier molecular flexibility index (Phi) is 5.98. The van der Waals surface area contributed by atoms with Crippen LogP contribution >= 0.6 is 0 Å². The monoisotopic (exact) mass is 335 g/mol. The van der Waals surface area contributed by atoms with Crippen molar-refractivity contribution >= 4 is 5.91 Å². The van der Waals surface area contributed by atoms with E-state index in [1.54, 1.807) is 26.0 Å². The first kappa shape index (κ1) is 18.0. The molecule has 1 aromatic carbocycles. The van der Waals surface area contributed by atoms with Crippen molar-refractivity contribution < 1.29 is 23.4 Å². The minimum absolute atomic E-state index is 0.0671. The number of ether oxygens (including phenoxy) is 1. The Hall–Kier alpha value is -2.34. The van der Waals surface area contributed by atoms with Gasteiger partial charge in [-0.25, -0.2) is 4.39 Å². The standard InChI is InChI=1S/C18H22FNO4/c1-13-5-10-16(24-13)18(2,22)12-20-17(21)4-3-11-23-15-8-6-14(19)7-9-15/h5-10,22H,3-4,11-12H2,1-2H3,(H,20,21). The smallest absolute Gasteiger partial charge is 0.220 e. The Morgan fingerprint density at radius 1 is 1.29 bits per heavy atom. The number of nitrogens with one attached hydrogen (secondary N) is 1. The van der Waals surface area contributed by atoms with Crippen molar-refractivity contribution in [3.05, 3.63) is 53.7 Å². The number of halogens is 1. The zero-order valence-electron chi connectivity index (χ0n) is 13.8. The molecule has 0 saturated heterocycles. The fourth-order valence-electron chi connectivity index (χ4n) is 2.12. The van der Waals surface area contributed by atoms with Crippen LogP contribution in [0.3, 0.4) is 0 Å². The van der Waals surface area contributed by atoms with E-state index >= 15 is 0 Å². The van der Waals surface area contributed by atoms with Crippen molar-refractivity contribution in [1.29, 1.82) is 0 Å². The third-order valence-electron chi connectivity index (χ3n) is 3.53. The largest absolute Gasteiger partial charge is 0.494 e. The Labute approximate surface area is 140 Å². The predicted molar refractivity (Wildman–Crippen MR) is 87.2 cm³/mol. The molecule has 0 aliphatic heterocycles. The molecule has 0 aliphatic carbocycles. The molecule has 1 aromatic heterocycles. The lowest BCUT2D eigenvalue weighted by atomic mass is 10.0. The van der Waals surface area contributed by atoms with Gasteiger partial charge in [0.1, 0.15) is 28.7 Å². The molecule has 1 unspecified atom stereocenters. The van der Waals surface area contributed by atoms with Crippen molar-refractivity contribution in [3.8, 4) is 5.75 Å². The Balaban J connectivity index is 1.67. The molecule has 6 heteroatoms. The minimum atomic E-state index is -1.26. The van der Waals surface area contributed by atoms with Crippen LogP contribution in [0.2, 0.25) is 0 Å². The summed E-state index contributed by atoms with van der Waals surface area (Å²) in [6.45, 7) is 3.80. The van der Waals surface area contributed by atoms with Crippen molar-refractivity contribution in [2.24, 2.45) is 0 Å². The molecule has 0 radical (unpaired) electrons. The van der Waals surface area contributed by atoms with Gasteiger partial charge in [-0.1, -0.05) is 0 Å². The molecule has 0 fully saturated rings. The summed E-state index contributed by atoms with van der Waals surface area (Å²) in [4.78, 5) is 11.8. The summed E-state index contributed by atoms with van der Waals surface area (Å²) < 4.78 is 23.6. The number of amides is 1. The van der Waals surface area contributed by atoms with Gasteiger partial charge in [-0.2, -0.15) is 0 Å². The highest BCUT2D eigenvalue weighted by Gasteiger charge is 2.27. The van der Waals surface area contributed by atoms with Gasteiger partial charge in [0.25, 0.3) is 0 Å². The minimum Gasteiger partial charge on any atom is -0.494 e. The summed E-state index contributed by atoms with van der Waals surface area (Å²) >= 11 is 0. The van der Waals surface area contributed by atoms with E-state index in [0.29, 0.717) is 30.3 Å². The van der Waals surface area contributed by atoms with E-state index in [0.717, 1.165) is 0 Å². The van der Waals surface area contributed by atoms with Gasteiger partial charge in [-0.3, -0.25) is 4.79 Å². The van der Waals surface area contributed by atoms with E-state index in [4.69, 9.17) is 9.15 Å². The zero-order valence-corrected chi connectivity index (χ0v) is 13.8. The van der Waals surface area contributed by atoms with Crippen LogP contribution in [0.15, 0.2) is 40.8 Å². The molecule has 2 N–H and O–H groups in total. The van der Waals surface area contributed by atoms with Gasteiger partial charge >= 0.3 is 0 Å². The maximum Gasteiger partial charge on any atom is 0.220 e. The average Bonchev–Trinajstić information content (AvgIpc) is 2.99. The number of aryl methyl sites for hydroxylation is 1. The Morgan fingerprint density at radius 2 is 2.00 bits per heavy atom. The number of hydrogen-bond acceptors (Lipinski definition) is 4. The summed E-state index contributed by atoms with van der Waals surface area (Å²) in [6.07, 6.45) is 0.791. The number of rotatable bonds is 8. The SMILES string of the molecule is Cc1ccc(C(C)(O)CNC(=O)CCCOc2ccc(F)cc2)o1. The van der Waals surface area contributed by atoms with Crippen molar-refractivity contribution in [3.63, 3.8) is 0 Å². The van der Waals surface area contributed by atoms with Gasteiger partial charge in [-0.05, 0) is 56.7 Å². The summed E-state index contributed by atoms with van der Waals surface area (Å²) in [5.74, 6) is 1.18. The molecule has 1 heterocycles. The van der Waals surface area contributed by atoms with Crippen LogP contribution in [-0.4, -0.2) is 24.2 Å². The highest BCUT2D eigenvalue weighted by Crippen LogP contribution is 2.21. The van der Waals surface area contributed by atoms with Crippen LogP contribution in [0.5, 0.6) is 5.75 Å². The molecule has 24 heavy (non-hydrogen) atoms. The summed E-state index contributed by atoms with van der Waals surface area (Å²) in [5.41, 5.74) is -1.26. The molecular weight excluding hydrogens is 313 g/mol. The number of carbonyl (C=O) groups excluding carboxylic acids is 1. The van der Waals surface area contributed by atoms with Gasteiger partial charge in [0.15, 0.2) is 0 Å². The zero-order chi connectivity index (χ0) is 17.6. The molecule has 5 nitrogen and oxygen atoms in total. The molecular formula is C18H22FNO4. The van der Waals surface area contributed by atoms with Crippen molar-refractivity contribution in [2.75, 3.05) is 13.2 Å². The maximum atomic E-state index is 12.8. The second-order valence-electron chi connectivity index (χ2n) is 5.87. The van der Waals surface area contributed by atoms with Crippen molar-refractivity contribution in [1.82, 2.24) is 5.32 Å². The van der Waals surface area contributed by atoms with Crippen LogP contribution in [0.1, 0.15) is 31.3 Å². The van der Waals surface area contributed by atoms with Crippen LogP contribution in [0.25, 0.3) is 0 Å². The summed E-state index contributed by atoms with van der Waals surface area (Å²) in [7, 11) is 0. The Morgan fingerprint density at radius 3 is 2.62 bits per heavy atom. The summed E-state index contributed by atoms with van der Waals surface area (Å²) in [5, 5.41) is 13.0. The van der Waals surface area contributed by atoms with E-state index in [9.17, 15) is 14.3 Å². The number of benzene rings is 1. The van der Waals surface area contributed by atoms with E-state index in [-0.39, 0.29) is 24.7 Å². The highest BCUT2D eigenvalue weighted by molar-refractivity contribution is 5.75. The second-order valence-corrected chi connectivity index (χ2v) is 5.87. The number of aliphatic hydroxyl groups is 1. The predicted octanol–water partition coefficient (Wildman–Crippen LogP) is 2.91. The number of carbonyl (C=O) groups is 1. The highest BCUT2D eigenvalue weighted by atomic mass is 19.1. The molecule has 0 saturated carbocycles. The fraction of sp³-hybridized carbons (Fsp3) is 0.389. The molecule has 130 valence electrons. The topological polar surface area (TPSA) is 71.7 Å². The number of furan rings is 1.